The van der Waals surface area contributed by atoms with Gasteiger partial charge in [0.05, 0.1) is 5.69 Å². The molecule has 1 fully saturated rings. The first kappa shape index (κ1) is 9.78. The molecule has 1 aliphatic rings. The fourth-order valence-corrected chi connectivity index (χ4v) is 2.13. The fourth-order valence-electron chi connectivity index (χ4n) is 2.13. The predicted molar refractivity (Wildman–Crippen MR) is 58.4 cm³/mol. The van der Waals surface area contributed by atoms with E-state index in [0.717, 1.165) is 37.0 Å². The molecule has 0 amide bonds. The molecule has 4 heteroatoms. The minimum atomic E-state index is -0.287. The zero-order valence-corrected chi connectivity index (χ0v) is 8.79. The Hall–Kier alpha value is -1.42. The van der Waals surface area contributed by atoms with E-state index in [0.29, 0.717) is 5.58 Å². The normalized spacial score (nSPS) is 18.1. The van der Waals surface area contributed by atoms with Crippen molar-refractivity contribution in [3.63, 3.8) is 0 Å². The molecule has 0 spiro atoms. The lowest BCUT2D eigenvalue weighted by Gasteiger charge is -2.19. The van der Waals surface area contributed by atoms with Gasteiger partial charge in [0.15, 0.2) is 5.58 Å². The lowest BCUT2D eigenvalue weighted by atomic mass is 9.93. The molecule has 0 atom stereocenters. The molecule has 1 saturated heterocycles. The first-order valence-electron chi connectivity index (χ1n) is 5.45. The highest BCUT2D eigenvalue weighted by Gasteiger charge is 2.22. The molecule has 3 rings (SSSR count). The van der Waals surface area contributed by atoms with Crippen LogP contribution in [0.1, 0.15) is 18.5 Å². The van der Waals surface area contributed by atoms with Crippen molar-refractivity contribution in [2.24, 2.45) is 0 Å². The number of nitrogens with one attached hydrogen (secondary N) is 1. The second-order valence-electron chi connectivity index (χ2n) is 4.03. The summed E-state index contributed by atoms with van der Waals surface area (Å²) >= 11 is 0. The Balaban J connectivity index is 2.03. The van der Waals surface area contributed by atoms with E-state index in [1.807, 2.05) is 0 Å². The second-order valence-corrected chi connectivity index (χ2v) is 4.03. The summed E-state index contributed by atoms with van der Waals surface area (Å²) in [6, 6.07) is 4.57. The Morgan fingerprint density at radius 1 is 1.25 bits per heavy atom. The molecular formula is C12H12FN2O. The maximum atomic E-state index is 13.0. The lowest BCUT2D eigenvalue weighted by Crippen LogP contribution is -2.27. The quantitative estimate of drug-likeness (QED) is 0.799. The van der Waals surface area contributed by atoms with Gasteiger partial charge in [0, 0.05) is 17.4 Å². The van der Waals surface area contributed by atoms with Crippen LogP contribution in [0, 0.1) is 11.7 Å². The topological polar surface area (TPSA) is 38.1 Å². The molecule has 0 unspecified atom stereocenters. The van der Waals surface area contributed by atoms with Gasteiger partial charge in [-0.05, 0) is 38.1 Å². The van der Waals surface area contributed by atoms with Gasteiger partial charge >= 0.3 is 0 Å². The third-order valence-electron chi connectivity index (χ3n) is 2.98. The Morgan fingerprint density at radius 3 is 2.88 bits per heavy atom. The summed E-state index contributed by atoms with van der Waals surface area (Å²) < 4.78 is 18.1. The van der Waals surface area contributed by atoms with Crippen LogP contribution < -0.4 is 5.32 Å². The summed E-state index contributed by atoms with van der Waals surface area (Å²) in [6.07, 6.45) is 1.97. The van der Waals surface area contributed by atoms with Gasteiger partial charge in [-0.2, -0.15) is 0 Å². The number of fused-ring (bicyclic) bond motifs is 1. The molecule has 2 aromatic rings. The van der Waals surface area contributed by atoms with Crippen molar-refractivity contribution in [3.05, 3.63) is 35.6 Å². The molecule has 3 nitrogen and oxygen atoms in total. The van der Waals surface area contributed by atoms with Gasteiger partial charge in [0.2, 0.25) is 0 Å². The van der Waals surface area contributed by atoms with Crippen LogP contribution in [0.15, 0.2) is 22.7 Å². The summed E-state index contributed by atoms with van der Waals surface area (Å²) in [5.41, 5.74) is 1.43. The van der Waals surface area contributed by atoms with E-state index in [4.69, 9.17) is 4.52 Å². The maximum Gasteiger partial charge on any atom is 0.170 e. The van der Waals surface area contributed by atoms with Crippen LogP contribution in [-0.4, -0.2) is 18.2 Å². The first-order valence-corrected chi connectivity index (χ1v) is 5.45. The Labute approximate surface area is 92.6 Å². The smallest absolute Gasteiger partial charge is 0.170 e. The van der Waals surface area contributed by atoms with Gasteiger partial charge in [-0.15, -0.1) is 0 Å². The largest absolute Gasteiger partial charge is 0.356 e. The monoisotopic (exact) mass is 219 g/mol. The molecule has 83 valence electrons. The summed E-state index contributed by atoms with van der Waals surface area (Å²) in [4.78, 5) is 0. The van der Waals surface area contributed by atoms with Gasteiger partial charge < -0.3 is 9.84 Å². The highest BCUT2D eigenvalue weighted by atomic mass is 19.1. The van der Waals surface area contributed by atoms with Crippen molar-refractivity contribution in [2.75, 3.05) is 13.1 Å². The van der Waals surface area contributed by atoms with Crippen molar-refractivity contribution in [1.82, 2.24) is 10.5 Å². The number of hydrogen-bond acceptors (Lipinski definition) is 3. The van der Waals surface area contributed by atoms with Gasteiger partial charge in [0.1, 0.15) is 5.82 Å². The number of benzene rings is 1. The Bertz CT molecular complexity index is 503. The minimum Gasteiger partial charge on any atom is -0.356 e. The number of piperidine rings is 1. The fraction of sp³-hybridized carbons (Fsp3) is 0.333. The van der Waals surface area contributed by atoms with Crippen LogP contribution in [0.5, 0.6) is 0 Å². The van der Waals surface area contributed by atoms with Crippen LogP contribution in [0.25, 0.3) is 11.0 Å². The van der Waals surface area contributed by atoms with Crippen molar-refractivity contribution in [1.29, 1.82) is 0 Å². The number of halogens is 1. The minimum absolute atomic E-state index is 0.287. The van der Waals surface area contributed by atoms with Crippen molar-refractivity contribution >= 4 is 11.0 Å². The molecule has 1 N–H and O–H groups in total. The Morgan fingerprint density at radius 2 is 2.06 bits per heavy atom. The number of aromatic nitrogens is 1. The highest BCUT2D eigenvalue weighted by Crippen LogP contribution is 2.30. The number of rotatable bonds is 1. The molecule has 0 saturated carbocycles. The van der Waals surface area contributed by atoms with Gasteiger partial charge in [0.25, 0.3) is 0 Å². The van der Waals surface area contributed by atoms with E-state index in [1.165, 1.54) is 18.1 Å². The van der Waals surface area contributed by atoms with E-state index in [9.17, 15) is 4.39 Å². The van der Waals surface area contributed by atoms with E-state index >= 15 is 0 Å². The Kier molecular flexibility index (Phi) is 2.36. The van der Waals surface area contributed by atoms with E-state index in [1.54, 1.807) is 6.07 Å². The zero-order valence-electron chi connectivity index (χ0n) is 8.79. The first-order chi connectivity index (χ1) is 7.84. The molecule has 16 heavy (non-hydrogen) atoms. The van der Waals surface area contributed by atoms with Crippen molar-refractivity contribution in [3.8, 4) is 0 Å². The van der Waals surface area contributed by atoms with Crippen LogP contribution in [0.3, 0.4) is 0 Å². The average Bonchev–Trinajstić information content (AvgIpc) is 2.73. The molecule has 1 aliphatic heterocycles. The predicted octanol–water partition coefficient (Wildman–Crippen LogP) is 2.27. The third-order valence-corrected chi connectivity index (χ3v) is 2.98. The molecule has 1 radical (unpaired) electrons. The molecule has 0 aliphatic carbocycles. The van der Waals surface area contributed by atoms with Crippen LogP contribution >= 0.6 is 0 Å². The van der Waals surface area contributed by atoms with Crippen LogP contribution in [-0.2, 0) is 0 Å². The summed E-state index contributed by atoms with van der Waals surface area (Å²) in [5.74, 6) is 1.01. The van der Waals surface area contributed by atoms with Gasteiger partial charge in [-0.1, -0.05) is 5.16 Å². The molecule has 0 bridgehead atoms. The molecular weight excluding hydrogens is 207 g/mol. The van der Waals surface area contributed by atoms with Crippen LogP contribution in [0.2, 0.25) is 0 Å². The van der Waals surface area contributed by atoms with E-state index in [-0.39, 0.29) is 5.82 Å². The second kappa shape index (κ2) is 3.87. The number of nitrogens with zero attached hydrogens (tertiary/aromatic N) is 1. The third kappa shape index (κ3) is 1.59. The lowest BCUT2D eigenvalue weighted by molar-refractivity contribution is 0.439. The van der Waals surface area contributed by atoms with Gasteiger partial charge in [-0.25, -0.2) is 4.39 Å². The standard InChI is InChI=1S/C12H12FN2O/c13-9-1-2-10-11(7-9)16-15-12(10)8-3-5-14-6-4-8/h1-2,7,14H,3-6H2. The molecule has 1 aromatic heterocycles. The zero-order chi connectivity index (χ0) is 11.0. The van der Waals surface area contributed by atoms with Crippen LogP contribution in [0.4, 0.5) is 4.39 Å². The maximum absolute atomic E-state index is 13.0. The highest BCUT2D eigenvalue weighted by molar-refractivity contribution is 5.81. The summed E-state index contributed by atoms with van der Waals surface area (Å²) in [7, 11) is 0. The summed E-state index contributed by atoms with van der Waals surface area (Å²) in [5, 5.41) is 8.26. The molecule has 2 heterocycles. The van der Waals surface area contributed by atoms with Gasteiger partial charge in [-0.3, -0.25) is 0 Å². The summed E-state index contributed by atoms with van der Waals surface area (Å²) in [6.45, 7) is 1.95. The molecule has 1 aromatic carbocycles. The SMILES string of the molecule is Fc1ccc2c([C]3CCNCC3)noc2c1. The van der Waals surface area contributed by atoms with Crippen molar-refractivity contribution in [2.45, 2.75) is 12.8 Å². The van der Waals surface area contributed by atoms with E-state index in [2.05, 4.69) is 10.5 Å². The average molecular weight is 219 g/mol. The van der Waals surface area contributed by atoms with Crippen molar-refractivity contribution < 1.29 is 8.91 Å². The number of hydrogen-bond donors (Lipinski definition) is 1. The van der Waals surface area contributed by atoms with E-state index < -0.39 is 0 Å².